The number of amides is 3. The average molecular weight is 978 g/mol. The van der Waals surface area contributed by atoms with Gasteiger partial charge in [0, 0.05) is 95.7 Å². The Hall–Kier alpha value is -4.77. The molecule has 0 radical (unpaired) electrons. The van der Waals surface area contributed by atoms with Crippen molar-refractivity contribution in [2.24, 2.45) is 0 Å². The molecular formula is C51H81ClN4O12. The number of rotatable bonds is 18. The molecule has 2 aromatic carbocycles. The second-order valence-corrected chi connectivity index (χ2v) is 19.4. The lowest BCUT2D eigenvalue weighted by Gasteiger charge is -2.41. The maximum atomic E-state index is 13.5. The Bertz CT molecular complexity index is 1880. The van der Waals surface area contributed by atoms with Gasteiger partial charge in [-0.2, -0.15) is 0 Å². The maximum Gasteiger partial charge on any atom is 0.410 e. The van der Waals surface area contributed by atoms with E-state index >= 15 is 0 Å². The summed E-state index contributed by atoms with van der Waals surface area (Å²) in [5.74, 6) is 0.595. The SMILES string of the molecule is C.CC(C)N[C@@H]1CCCN(C(=O)OC(C)(C)C)C1.COCCCOc1cc(C(=O)Cl)ccc1C=O.COCCCOc1cc(C(=O)N(C(C)C)[C@@H]2CCCN(C(=O)OC(C)(C)C)C2)ccc1C=O. The zero-order chi connectivity index (χ0) is 50.3. The molecule has 1 N–H and O–H groups in total. The second kappa shape index (κ2) is 30.7. The Balaban J connectivity index is 0.000000557. The van der Waals surface area contributed by atoms with E-state index in [0.29, 0.717) is 104 Å². The summed E-state index contributed by atoms with van der Waals surface area (Å²) in [4.78, 5) is 76.6. The standard InChI is InChI=1S/C25H38N2O6.C13H26N2O2.C12H13ClO4.CH4/c1-18(2)27(21-9-7-12-26(16-21)24(30)33-25(3,4)5)23(29)19-10-11-20(17-28)22(15-19)32-14-8-13-31-6;1-10(2)14-11-7-6-8-15(9-11)12(16)17-13(3,4)5;1-16-5-2-6-17-11-7-9(12(13)15)3-4-10(11)8-14;/h10-11,15,17-18,21H,7-9,12-14,16H2,1-6H3;10-11,14H,6-9H2,1-5H3;3-4,7-8H,2,5-6H2,1H3;1H4/t21-;11-;;/m11../s1. The van der Waals surface area contributed by atoms with Crippen LogP contribution in [0.25, 0.3) is 0 Å². The zero-order valence-electron chi connectivity index (χ0n) is 41.9. The van der Waals surface area contributed by atoms with Crippen LogP contribution in [0.5, 0.6) is 11.5 Å². The molecule has 0 saturated carbocycles. The summed E-state index contributed by atoms with van der Waals surface area (Å²) in [6.45, 7) is 23.9. The number of likely N-dealkylation sites (tertiary alicyclic amines) is 2. The third-order valence-corrected chi connectivity index (χ3v) is 10.3. The molecule has 68 heavy (non-hydrogen) atoms. The van der Waals surface area contributed by atoms with Gasteiger partial charge < -0.3 is 48.4 Å². The van der Waals surface area contributed by atoms with Crippen molar-refractivity contribution in [3.05, 3.63) is 58.7 Å². The lowest BCUT2D eigenvalue weighted by molar-refractivity contribution is 0.00749. The smallest absolute Gasteiger partial charge is 0.410 e. The van der Waals surface area contributed by atoms with Crippen molar-refractivity contribution in [1.82, 2.24) is 20.0 Å². The van der Waals surface area contributed by atoms with Gasteiger partial charge in [-0.3, -0.25) is 19.2 Å². The molecule has 2 heterocycles. The molecule has 4 rings (SSSR count). The molecule has 0 unspecified atom stereocenters. The average Bonchev–Trinajstić information content (AvgIpc) is 3.25. The fourth-order valence-corrected chi connectivity index (χ4v) is 7.38. The normalized spacial score (nSPS) is 15.9. The highest BCUT2D eigenvalue weighted by atomic mass is 35.5. The fourth-order valence-electron chi connectivity index (χ4n) is 7.26. The number of benzene rings is 2. The van der Waals surface area contributed by atoms with Gasteiger partial charge in [0.1, 0.15) is 22.7 Å². The molecular weight excluding hydrogens is 896 g/mol. The predicted molar refractivity (Wildman–Crippen MR) is 266 cm³/mol. The van der Waals surface area contributed by atoms with Gasteiger partial charge in [-0.1, -0.05) is 21.3 Å². The first-order valence-electron chi connectivity index (χ1n) is 23.2. The van der Waals surface area contributed by atoms with Crippen molar-refractivity contribution in [2.75, 3.05) is 66.8 Å². The van der Waals surface area contributed by atoms with Crippen molar-refractivity contribution in [3.63, 3.8) is 0 Å². The summed E-state index contributed by atoms with van der Waals surface area (Å²) >= 11 is 5.35. The molecule has 2 aliphatic heterocycles. The first kappa shape index (κ1) is 61.2. The third kappa shape index (κ3) is 22.6. The van der Waals surface area contributed by atoms with E-state index < -0.39 is 16.4 Å². The summed E-state index contributed by atoms with van der Waals surface area (Å²) in [7, 11) is 3.22. The number of ether oxygens (including phenoxy) is 6. The molecule has 2 atom stereocenters. The highest BCUT2D eigenvalue weighted by Crippen LogP contribution is 2.26. The summed E-state index contributed by atoms with van der Waals surface area (Å²) in [5, 5.41) is 2.90. The Labute approximate surface area is 411 Å². The highest BCUT2D eigenvalue weighted by molar-refractivity contribution is 6.67. The first-order chi connectivity index (χ1) is 31.5. The fraction of sp³-hybridized carbons (Fsp3) is 0.647. The summed E-state index contributed by atoms with van der Waals surface area (Å²) in [5.41, 5.74) is 0.565. The third-order valence-electron chi connectivity index (χ3n) is 10.1. The van der Waals surface area contributed by atoms with Crippen LogP contribution in [-0.4, -0.2) is 153 Å². The number of nitrogens with one attached hydrogen (secondary N) is 1. The maximum absolute atomic E-state index is 13.5. The van der Waals surface area contributed by atoms with E-state index in [1.165, 1.54) is 18.2 Å². The van der Waals surface area contributed by atoms with Crippen LogP contribution >= 0.6 is 11.6 Å². The van der Waals surface area contributed by atoms with Gasteiger partial charge in [0.25, 0.3) is 11.1 Å². The molecule has 17 heteroatoms. The van der Waals surface area contributed by atoms with Crippen molar-refractivity contribution < 1.29 is 57.2 Å². The van der Waals surface area contributed by atoms with E-state index in [1.54, 1.807) is 37.3 Å². The van der Waals surface area contributed by atoms with Gasteiger partial charge >= 0.3 is 12.2 Å². The van der Waals surface area contributed by atoms with Crippen molar-refractivity contribution >= 4 is 47.5 Å². The Kier molecular flexibility index (Phi) is 27.6. The van der Waals surface area contributed by atoms with Crippen LogP contribution < -0.4 is 14.8 Å². The number of methoxy groups -OCH3 is 2. The minimum atomic E-state index is -0.579. The van der Waals surface area contributed by atoms with Gasteiger partial charge in [0.15, 0.2) is 12.6 Å². The van der Waals surface area contributed by atoms with E-state index in [2.05, 4.69) is 19.2 Å². The van der Waals surface area contributed by atoms with E-state index in [1.807, 2.05) is 65.2 Å². The molecule has 0 aromatic heterocycles. The monoisotopic (exact) mass is 977 g/mol. The molecule has 384 valence electrons. The molecule has 2 aliphatic rings. The van der Waals surface area contributed by atoms with Crippen molar-refractivity contribution in [1.29, 1.82) is 0 Å². The molecule has 2 saturated heterocycles. The van der Waals surface area contributed by atoms with Crippen molar-refractivity contribution in [3.8, 4) is 11.5 Å². The van der Waals surface area contributed by atoms with Crippen LogP contribution in [0.15, 0.2) is 36.4 Å². The van der Waals surface area contributed by atoms with E-state index in [0.717, 1.165) is 45.1 Å². The lowest BCUT2D eigenvalue weighted by Crippen LogP contribution is -2.54. The topological polar surface area (TPSA) is 180 Å². The zero-order valence-corrected chi connectivity index (χ0v) is 42.7. The highest BCUT2D eigenvalue weighted by Gasteiger charge is 2.35. The van der Waals surface area contributed by atoms with Gasteiger partial charge in [-0.25, -0.2) is 9.59 Å². The number of carbonyl (C=O) groups is 6. The van der Waals surface area contributed by atoms with Crippen LogP contribution in [0.2, 0.25) is 0 Å². The Morgan fingerprint density at radius 1 is 0.721 bits per heavy atom. The predicted octanol–water partition coefficient (Wildman–Crippen LogP) is 9.48. The Morgan fingerprint density at radius 2 is 1.18 bits per heavy atom. The number of halogens is 1. The van der Waals surface area contributed by atoms with Crippen LogP contribution in [0.4, 0.5) is 9.59 Å². The molecule has 3 amide bonds. The number of carbonyl (C=O) groups excluding carboxylic acids is 6. The van der Waals surface area contributed by atoms with Gasteiger partial charge in [0.2, 0.25) is 0 Å². The summed E-state index contributed by atoms with van der Waals surface area (Å²) < 4.78 is 32.0. The number of hydrogen-bond acceptors (Lipinski definition) is 13. The van der Waals surface area contributed by atoms with E-state index in [9.17, 15) is 28.8 Å². The molecule has 16 nitrogen and oxygen atoms in total. The molecule has 0 bridgehead atoms. The van der Waals surface area contributed by atoms with Crippen LogP contribution in [-0.2, 0) is 18.9 Å². The minimum Gasteiger partial charge on any atom is -0.493 e. The van der Waals surface area contributed by atoms with Crippen LogP contribution in [0, 0.1) is 0 Å². The molecule has 2 fully saturated rings. The second-order valence-electron chi connectivity index (χ2n) is 19.0. The Morgan fingerprint density at radius 3 is 1.60 bits per heavy atom. The van der Waals surface area contributed by atoms with Crippen LogP contribution in [0.3, 0.4) is 0 Å². The molecule has 0 spiro atoms. The molecule has 0 aliphatic carbocycles. The molecule has 2 aromatic rings. The number of aldehydes is 2. The minimum absolute atomic E-state index is 0. The van der Waals surface area contributed by atoms with Gasteiger partial charge in [-0.15, -0.1) is 0 Å². The van der Waals surface area contributed by atoms with E-state index in [-0.39, 0.29) is 37.6 Å². The summed E-state index contributed by atoms with van der Waals surface area (Å²) in [6, 6.07) is 10.0. The number of nitrogens with zero attached hydrogens (tertiary/aromatic N) is 3. The van der Waals surface area contributed by atoms with Crippen LogP contribution in [0.1, 0.15) is 157 Å². The quantitative estimate of drug-likeness (QED) is 0.0849. The van der Waals surface area contributed by atoms with E-state index in [4.69, 9.17) is 40.0 Å². The van der Waals surface area contributed by atoms with Crippen molar-refractivity contribution in [2.45, 2.75) is 151 Å². The number of piperidine rings is 2. The van der Waals surface area contributed by atoms with Gasteiger partial charge in [-0.05, 0) is 129 Å². The largest absolute Gasteiger partial charge is 0.493 e. The number of hydrogen-bond donors (Lipinski definition) is 1. The summed E-state index contributed by atoms with van der Waals surface area (Å²) in [6.07, 6.45) is 6.00. The van der Waals surface area contributed by atoms with Gasteiger partial charge in [0.05, 0.1) is 30.4 Å². The first-order valence-corrected chi connectivity index (χ1v) is 23.6. The lowest BCUT2D eigenvalue weighted by atomic mass is 10.0.